The van der Waals surface area contributed by atoms with E-state index in [4.69, 9.17) is 4.74 Å². The summed E-state index contributed by atoms with van der Waals surface area (Å²) >= 11 is 0. The Morgan fingerprint density at radius 3 is 2.72 bits per heavy atom. The number of aryl methyl sites for hydroxylation is 1. The molecule has 7 nitrogen and oxygen atoms in total. The number of imidazole rings is 1. The number of pyridine rings is 1. The lowest BCUT2D eigenvalue weighted by Gasteiger charge is -2.39. The predicted molar refractivity (Wildman–Crippen MR) is 82.2 cm³/mol. The van der Waals surface area contributed by atoms with Crippen molar-refractivity contribution in [3.63, 3.8) is 0 Å². The minimum Gasteiger partial charge on any atom is -0.487 e. The molecule has 0 aromatic carbocycles. The maximum absolute atomic E-state index is 12.7. The van der Waals surface area contributed by atoms with Crippen LogP contribution in [-0.2, 0) is 13.2 Å². The fourth-order valence-electron chi connectivity index (χ4n) is 2.68. The molecule has 0 spiro atoms. The molecule has 1 saturated heterocycles. The van der Waals surface area contributed by atoms with Gasteiger partial charge in [-0.15, -0.1) is 0 Å². The Morgan fingerprint density at radius 1 is 1.16 bits per heavy atom. The second-order valence-corrected chi connectivity index (χ2v) is 5.74. The van der Waals surface area contributed by atoms with Gasteiger partial charge in [-0.2, -0.15) is 13.2 Å². The van der Waals surface area contributed by atoms with Gasteiger partial charge < -0.3 is 14.2 Å². The fraction of sp³-hybridized carbons (Fsp3) is 0.333. The second kappa shape index (κ2) is 5.57. The molecule has 0 N–H and O–H groups in total. The van der Waals surface area contributed by atoms with Crippen molar-refractivity contribution in [2.75, 3.05) is 18.0 Å². The first-order valence-electron chi connectivity index (χ1n) is 7.48. The van der Waals surface area contributed by atoms with Gasteiger partial charge in [-0.05, 0) is 6.07 Å². The summed E-state index contributed by atoms with van der Waals surface area (Å²) in [7, 11) is 1.84. The van der Waals surface area contributed by atoms with E-state index in [9.17, 15) is 13.2 Å². The normalized spacial score (nSPS) is 15.4. The minimum atomic E-state index is -4.49. The number of hydrogen-bond acceptors (Lipinski definition) is 6. The van der Waals surface area contributed by atoms with Gasteiger partial charge in [-0.25, -0.2) is 15.0 Å². The Morgan fingerprint density at radius 2 is 1.96 bits per heavy atom. The molecule has 3 aromatic rings. The molecule has 1 aliphatic heterocycles. The van der Waals surface area contributed by atoms with Crippen LogP contribution in [0.25, 0.3) is 11.2 Å². The van der Waals surface area contributed by atoms with E-state index in [2.05, 4.69) is 19.9 Å². The summed E-state index contributed by atoms with van der Waals surface area (Å²) in [6.07, 6.45) is -0.497. The first-order valence-corrected chi connectivity index (χ1v) is 7.48. The molecule has 0 radical (unpaired) electrons. The molecule has 0 bridgehead atoms. The van der Waals surface area contributed by atoms with Crippen LogP contribution in [0.5, 0.6) is 5.75 Å². The zero-order chi connectivity index (χ0) is 17.6. The molecule has 10 heteroatoms. The monoisotopic (exact) mass is 350 g/mol. The van der Waals surface area contributed by atoms with E-state index in [1.54, 1.807) is 10.9 Å². The Balaban J connectivity index is 1.46. The van der Waals surface area contributed by atoms with Gasteiger partial charge in [0.15, 0.2) is 17.0 Å². The summed E-state index contributed by atoms with van der Waals surface area (Å²) in [5.74, 6) is 0.841. The zero-order valence-electron chi connectivity index (χ0n) is 13.1. The Bertz CT molecular complexity index is 919. The van der Waals surface area contributed by atoms with Crippen LogP contribution in [0.4, 0.5) is 19.0 Å². The number of nitrogens with zero attached hydrogens (tertiary/aromatic N) is 6. The van der Waals surface area contributed by atoms with Crippen LogP contribution in [0.1, 0.15) is 5.69 Å². The van der Waals surface area contributed by atoms with Gasteiger partial charge in [0.25, 0.3) is 0 Å². The maximum Gasteiger partial charge on any atom is 0.433 e. The number of rotatable bonds is 3. The Labute approximate surface area is 140 Å². The van der Waals surface area contributed by atoms with Crippen LogP contribution < -0.4 is 9.64 Å². The molecule has 0 aliphatic carbocycles. The van der Waals surface area contributed by atoms with E-state index in [1.165, 1.54) is 12.4 Å². The highest BCUT2D eigenvalue weighted by Crippen LogP contribution is 2.31. The van der Waals surface area contributed by atoms with E-state index >= 15 is 0 Å². The van der Waals surface area contributed by atoms with E-state index < -0.39 is 11.9 Å². The van der Waals surface area contributed by atoms with Gasteiger partial charge in [0, 0.05) is 19.3 Å². The molecule has 1 fully saturated rings. The molecule has 0 unspecified atom stereocenters. The molecule has 0 amide bonds. The third kappa shape index (κ3) is 2.83. The lowest BCUT2D eigenvalue weighted by Crippen LogP contribution is -2.54. The van der Waals surface area contributed by atoms with E-state index in [0.717, 1.165) is 17.9 Å². The van der Waals surface area contributed by atoms with Crippen LogP contribution >= 0.6 is 0 Å². The van der Waals surface area contributed by atoms with E-state index in [0.29, 0.717) is 24.4 Å². The number of anilines is 1. The average molecular weight is 350 g/mol. The van der Waals surface area contributed by atoms with Gasteiger partial charge in [-0.1, -0.05) is 0 Å². The quantitative estimate of drug-likeness (QED) is 0.720. The summed E-state index contributed by atoms with van der Waals surface area (Å²) in [6.45, 7) is 1.01. The van der Waals surface area contributed by atoms with E-state index in [1.807, 2.05) is 11.9 Å². The summed E-state index contributed by atoms with van der Waals surface area (Å²) in [6, 6.07) is 2.32. The molecule has 25 heavy (non-hydrogen) atoms. The topological polar surface area (TPSA) is 69.0 Å². The summed E-state index contributed by atoms with van der Waals surface area (Å²) in [4.78, 5) is 18.0. The second-order valence-electron chi connectivity index (χ2n) is 5.74. The molecule has 0 saturated carbocycles. The number of fused-ring (bicyclic) bond motifs is 1. The summed E-state index contributed by atoms with van der Waals surface area (Å²) in [5, 5.41) is 0. The van der Waals surface area contributed by atoms with Crippen molar-refractivity contribution in [2.45, 2.75) is 12.3 Å². The van der Waals surface area contributed by atoms with Crippen molar-refractivity contribution in [3.8, 4) is 5.75 Å². The number of aromatic nitrogens is 5. The smallest absolute Gasteiger partial charge is 0.433 e. The number of hydrogen-bond donors (Lipinski definition) is 0. The molecule has 130 valence electrons. The van der Waals surface area contributed by atoms with Crippen LogP contribution in [0.3, 0.4) is 0 Å². The molecule has 4 heterocycles. The van der Waals surface area contributed by atoms with Crippen molar-refractivity contribution < 1.29 is 17.9 Å². The standard InChI is InChI=1S/C15H13F3N6O/c1-23-8-22-12-13(23)20-7-21-14(12)24-5-10(6-24)25-9-2-3-19-11(4-9)15(16,17)18/h2-4,7-8,10H,5-6H2,1H3. The van der Waals surface area contributed by atoms with Gasteiger partial charge >= 0.3 is 6.18 Å². The fourth-order valence-corrected chi connectivity index (χ4v) is 2.68. The van der Waals surface area contributed by atoms with Crippen molar-refractivity contribution in [1.29, 1.82) is 0 Å². The highest BCUT2D eigenvalue weighted by Gasteiger charge is 2.34. The number of halogens is 3. The highest BCUT2D eigenvalue weighted by atomic mass is 19.4. The number of alkyl halides is 3. The molecule has 4 rings (SSSR count). The van der Waals surface area contributed by atoms with Crippen molar-refractivity contribution in [3.05, 3.63) is 36.7 Å². The molecule has 1 aliphatic rings. The zero-order valence-corrected chi connectivity index (χ0v) is 13.1. The van der Waals surface area contributed by atoms with E-state index in [-0.39, 0.29) is 11.9 Å². The summed E-state index contributed by atoms with van der Waals surface area (Å²) in [5.41, 5.74) is 0.442. The third-order valence-corrected chi connectivity index (χ3v) is 3.95. The van der Waals surface area contributed by atoms with Crippen LogP contribution in [0, 0.1) is 0 Å². The SMILES string of the molecule is Cn1cnc2c(N3CC(Oc4ccnc(C(F)(F)F)c4)C3)ncnc21. The Kier molecular flexibility index (Phi) is 3.48. The van der Waals surface area contributed by atoms with Gasteiger partial charge in [0.2, 0.25) is 0 Å². The Hall–Kier alpha value is -2.91. The van der Waals surface area contributed by atoms with Crippen molar-refractivity contribution in [1.82, 2.24) is 24.5 Å². The summed E-state index contributed by atoms with van der Waals surface area (Å²) < 4.78 is 45.5. The van der Waals surface area contributed by atoms with Gasteiger partial charge in [-0.3, -0.25) is 4.98 Å². The molecular formula is C15H13F3N6O. The van der Waals surface area contributed by atoms with Crippen LogP contribution in [-0.4, -0.2) is 43.7 Å². The first-order chi connectivity index (χ1) is 11.9. The highest BCUT2D eigenvalue weighted by molar-refractivity contribution is 5.83. The third-order valence-electron chi connectivity index (χ3n) is 3.95. The van der Waals surface area contributed by atoms with Crippen LogP contribution in [0.15, 0.2) is 31.0 Å². The first kappa shape index (κ1) is 15.6. The molecule has 3 aromatic heterocycles. The van der Waals surface area contributed by atoms with Crippen molar-refractivity contribution in [2.24, 2.45) is 7.05 Å². The van der Waals surface area contributed by atoms with Gasteiger partial charge in [0.05, 0.1) is 19.4 Å². The number of ether oxygens (including phenoxy) is 1. The maximum atomic E-state index is 12.7. The van der Waals surface area contributed by atoms with Gasteiger partial charge in [0.1, 0.15) is 23.9 Å². The van der Waals surface area contributed by atoms with Crippen LogP contribution in [0.2, 0.25) is 0 Å². The lowest BCUT2D eigenvalue weighted by molar-refractivity contribution is -0.141. The van der Waals surface area contributed by atoms with Crippen molar-refractivity contribution >= 4 is 17.0 Å². The largest absolute Gasteiger partial charge is 0.487 e. The minimum absolute atomic E-state index is 0.151. The predicted octanol–water partition coefficient (Wildman–Crippen LogP) is 2.04. The molecular weight excluding hydrogens is 337 g/mol. The lowest BCUT2D eigenvalue weighted by atomic mass is 10.1. The average Bonchev–Trinajstić information content (AvgIpc) is 2.92. The molecule has 0 atom stereocenters.